The van der Waals surface area contributed by atoms with Gasteiger partial charge in [0.2, 0.25) is 11.8 Å². The summed E-state index contributed by atoms with van der Waals surface area (Å²) in [6.45, 7) is 4.27. The molecule has 0 aliphatic heterocycles. The van der Waals surface area contributed by atoms with Crippen LogP contribution in [0.15, 0.2) is 89.8 Å². The molecule has 0 unspecified atom stereocenters. The molecule has 0 saturated heterocycles. The maximum Gasteiger partial charge on any atom is 0.243 e. The van der Waals surface area contributed by atoms with Crippen LogP contribution in [0.25, 0.3) is 0 Å². The maximum atomic E-state index is 13.6. The molecule has 0 aliphatic rings. The molecular formula is C28H31ClN2O2S. The van der Waals surface area contributed by atoms with Crippen LogP contribution in [-0.4, -0.2) is 34.6 Å². The average Bonchev–Trinajstić information content (AvgIpc) is 2.86. The van der Waals surface area contributed by atoms with Crippen molar-refractivity contribution >= 4 is 35.2 Å². The highest BCUT2D eigenvalue weighted by molar-refractivity contribution is 8.00. The number of thioether (sulfide) groups is 1. The maximum absolute atomic E-state index is 13.6. The van der Waals surface area contributed by atoms with Crippen LogP contribution in [0.4, 0.5) is 0 Å². The summed E-state index contributed by atoms with van der Waals surface area (Å²) in [7, 11) is 0. The minimum absolute atomic E-state index is 0.0155. The molecule has 0 bridgehead atoms. The SMILES string of the molecule is CC[C@@H](C)NC(=O)[C@@H](Cc1ccccc1)N(Cc1ccccc1Cl)C(=O)CSc1ccccc1. The smallest absolute Gasteiger partial charge is 0.243 e. The third-order valence-corrected chi connectivity index (χ3v) is 7.04. The number of hydrogen-bond acceptors (Lipinski definition) is 3. The Hall–Kier alpha value is -2.76. The molecule has 2 atom stereocenters. The third kappa shape index (κ3) is 7.64. The van der Waals surface area contributed by atoms with Crippen LogP contribution in [-0.2, 0) is 22.6 Å². The molecule has 2 amide bonds. The number of carbonyl (C=O) groups excluding carboxylic acids is 2. The van der Waals surface area contributed by atoms with Gasteiger partial charge in [0.1, 0.15) is 6.04 Å². The lowest BCUT2D eigenvalue weighted by molar-refractivity contribution is -0.139. The van der Waals surface area contributed by atoms with Crippen molar-refractivity contribution in [2.45, 2.75) is 50.2 Å². The Bertz CT molecular complexity index is 1060. The Morgan fingerprint density at radius 1 is 0.941 bits per heavy atom. The molecule has 6 heteroatoms. The molecule has 3 rings (SSSR count). The van der Waals surface area contributed by atoms with Gasteiger partial charge >= 0.3 is 0 Å². The predicted molar refractivity (Wildman–Crippen MR) is 141 cm³/mol. The van der Waals surface area contributed by atoms with Crippen molar-refractivity contribution in [3.8, 4) is 0 Å². The molecule has 178 valence electrons. The van der Waals surface area contributed by atoms with Crippen LogP contribution >= 0.6 is 23.4 Å². The number of halogens is 1. The zero-order chi connectivity index (χ0) is 24.3. The normalized spacial score (nSPS) is 12.6. The summed E-state index contributed by atoms with van der Waals surface area (Å²) in [5, 5.41) is 3.67. The molecular weight excluding hydrogens is 464 g/mol. The molecule has 0 radical (unpaired) electrons. The lowest BCUT2D eigenvalue weighted by atomic mass is 10.0. The Balaban J connectivity index is 1.92. The summed E-state index contributed by atoms with van der Waals surface area (Å²) in [6.07, 6.45) is 1.24. The van der Waals surface area contributed by atoms with E-state index in [1.807, 2.05) is 98.8 Å². The van der Waals surface area contributed by atoms with Gasteiger partial charge in [0.15, 0.2) is 0 Å². The third-order valence-electron chi connectivity index (χ3n) is 5.68. The van der Waals surface area contributed by atoms with E-state index < -0.39 is 6.04 Å². The van der Waals surface area contributed by atoms with Gasteiger partial charge in [0, 0.05) is 28.9 Å². The highest BCUT2D eigenvalue weighted by atomic mass is 35.5. The average molecular weight is 495 g/mol. The van der Waals surface area contributed by atoms with E-state index in [0.717, 1.165) is 22.4 Å². The highest BCUT2D eigenvalue weighted by Gasteiger charge is 2.31. The van der Waals surface area contributed by atoms with Gasteiger partial charge in [-0.3, -0.25) is 9.59 Å². The monoisotopic (exact) mass is 494 g/mol. The summed E-state index contributed by atoms with van der Waals surface area (Å²) in [5.41, 5.74) is 1.82. The fraction of sp³-hybridized carbons (Fsp3) is 0.286. The fourth-order valence-corrected chi connectivity index (χ4v) is 4.55. The number of hydrogen-bond donors (Lipinski definition) is 1. The van der Waals surface area contributed by atoms with Gasteiger partial charge in [-0.15, -0.1) is 11.8 Å². The number of nitrogens with zero attached hydrogens (tertiary/aromatic N) is 1. The first-order chi connectivity index (χ1) is 16.5. The fourth-order valence-electron chi connectivity index (χ4n) is 3.55. The summed E-state index contributed by atoms with van der Waals surface area (Å²) < 4.78 is 0. The first-order valence-electron chi connectivity index (χ1n) is 11.5. The van der Waals surface area contributed by atoms with Gasteiger partial charge in [-0.25, -0.2) is 0 Å². The van der Waals surface area contributed by atoms with E-state index in [1.54, 1.807) is 4.90 Å². The predicted octanol–water partition coefficient (Wildman–Crippen LogP) is 5.99. The quantitative estimate of drug-likeness (QED) is 0.333. The van der Waals surface area contributed by atoms with Crippen molar-refractivity contribution in [3.05, 3.63) is 101 Å². The van der Waals surface area contributed by atoms with Gasteiger partial charge < -0.3 is 10.2 Å². The van der Waals surface area contributed by atoms with E-state index in [1.165, 1.54) is 11.8 Å². The number of nitrogens with one attached hydrogen (secondary N) is 1. The standard InChI is InChI=1S/C28H31ClN2O2S/c1-3-21(2)30-28(33)26(18-22-12-6-4-7-13-22)31(19-23-14-10-11-17-25(23)29)27(32)20-34-24-15-8-5-9-16-24/h4-17,21,26H,3,18-20H2,1-2H3,(H,30,33)/t21-,26-/m1/s1. The molecule has 4 nitrogen and oxygen atoms in total. The number of amides is 2. The molecule has 0 aromatic heterocycles. The highest BCUT2D eigenvalue weighted by Crippen LogP contribution is 2.23. The Kier molecular flexibility index (Phi) is 10.0. The summed E-state index contributed by atoms with van der Waals surface area (Å²) >= 11 is 7.92. The van der Waals surface area contributed by atoms with E-state index in [2.05, 4.69) is 5.32 Å². The lowest BCUT2D eigenvalue weighted by Gasteiger charge is -2.32. The second kappa shape index (κ2) is 13.2. The Labute approximate surface area is 211 Å². The van der Waals surface area contributed by atoms with Crippen LogP contribution in [0, 0.1) is 0 Å². The Morgan fingerprint density at radius 2 is 1.56 bits per heavy atom. The first kappa shape index (κ1) is 25.9. The minimum atomic E-state index is -0.656. The first-order valence-corrected chi connectivity index (χ1v) is 12.9. The van der Waals surface area contributed by atoms with Gasteiger partial charge in [-0.2, -0.15) is 0 Å². The van der Waals surface area contributed by atoms with Gasteiger partial charge in [-0.05, 0) is 42.7 Å². The van der Waals surface area contributed by atoms with Crippen LogP contribution in [0.5, 0.6) is 0 Å². The van der Waals surface area contributed by atoms with E-state index >= 15 is 0 Å². The second-order valence-electron chi connectivity index (χ2n) is 8.24. The van der Waals surface area contributed by atoms with Gasteiger partial charge in [-0.1, -0.05) is 85.3 Å². The molecule has 0 spiro atoms. The lowest BCUT2D eigenvalue weighted by Crippen LogP contribution is -2.52. The van der Waals surface area contributed by atoms with Crippen molar-refractivity contribution in [3.63, 3.8) is 0 Å². The molecule has 34 heavy (non-hydrogen) atoms. The molecule has 0 aliphatic carbocycles. The van der Waals surface area contributed by atoms with Crippen LogP contribution in [0.3, 0.4) is 0 Å². The number of benzene rings is 3. The zero-order valence-electron chi connectivity index (χ0n) is 19.6. The van der Waals surface area contributed by atoms with Crippen LogP contribution < -0.4 is 5.32 Å². The summed E-state index contributed by atoms with van der Waals surface area (Å²) in [4.78, 5) is 29.8. The topological polar surface area (TPSA) is 49.4 Å². The summed E-state index contributed by atoms with van der Waals surface area (Å²) in [6, 6.07) is 26.5. The van der Waals surface area contributed by atoms with Crippen molar-refractivity contribution in [2.24, 2.45) is 0 Å². The van der Waals surface area contributed by atoms with E-state index in [-0.39, 0.29) is 30.2 Å². The van der Waals surface area contributed by atoms with E-state index in [0.29, 0.717) is 11.4 Å². The van der Waals surface area contributed by atoms with Gasteiger partial charge in [0.25, 0.3) is 0 Å². The molecule has 0 fully saturated rings. The number of carbonyl (C=O) groups is 2. The molecule has 3 aromatic rings. The zero-order valence-corrected chi connectivity index (χ0v) is 21.2. The van der Waals surface area contributed by atoms with Crippen molar-refractivity contribution in [2.75, 3.05) is 5.75 Å². The number of rotatable bonds is 11. The molecule has 3 aromatic carbocycles. The van der Waals surface area contributed by atoms with Crippen molar-refractivity contribution in [1.29, 1.82) is 0 Å². The van der Waals surface area contributed by atoms with Crippen molar-refractivity contribution in [1.82, 2.24) is 10.2 Å². The van der Waals surface area contributed by atoms with E-state index in [9.17, 15) is 9.59 Å². The molecule has 0 heterocycles. The van der Waals surface area contributed by atoms with Crippen LogP contribution in [0.1, 0.15) is 31.4 Å². The van der Waals surface area contributed by atoms with E-state index in [4.69, 9.17) is 11.6 Å². The molecule has 1 N–H and O–H groups in total. The largest absolute Gasteiger partial charge is 0.352 e. The second-order valence-corrected chi connectivity index (χ2v) is 9.69. The Morgan fingerprint density at radius 3 is 2.21 bits per heavy atom. The minimum Gasteiger partial charge on any atom is -0.352 e. The molecule has 0 saturated carbocycles. The van der Waals surface area contributed by atoms with Crippen LogP contribution in [0.2, 0.25) is 5.02 Å². The summed E-state index contributed by atoms with van der Waals surface area (Å²) in [5.74, 6) is -0.0200. The van der Waals surface area contributed by atoms with Crippen molar-refractivity contribution < 1.29 is 9.59 Å². The van der Waals surface area contributed by atoms with Gasteiger partial charge in [0.05, 0.1) is 5.75 Å².